The van der Waals surface area contributed by atoms with Gasteiger partial charge in [-0.3, -0.25) is 14.5 Å². The number of rotatable bonds is 7. The van der Waals surface area contributed by atoms with Crippen molar-refractivity contribution in [3.63, 3.8) is 0 Å². The van der Waals surface area contributed by atoms with Crippen molar-refractivity contribution in [3.05, 3.63) is 30.1 Å². The van der Waals surface area contributed by atoms with E-state index in [1.165, 1.54) is 23.1 Å². The normalized spacial score (nSPS) is 10.5. The maximum Gasteiger partial charge on any atom is 0.317 e. The lowest BCUT2D eigenvalue weighted by Gasteiger charge is -2.18. The topological polar surface area (TPSA) is 69.6 Å². The Labute approximate surface area is 111 Å². The lowest BCUT2D eigenvalue weighted by Crippen LogP contribution is -2.37. The average molecular weight is 268 g/mol. The zero-order valence-corrected chi connectivity index (χ0v) is 10.7. The molecule has 0 aliphatic heterocycles. The summed E-state index contributed by atoms with van der Waals surface area (Å²) in [5.41, 5.74) is 0.358. The Morgan fingerprint density at radius 3 is 2.68 bits per heavy atom. The fraction of sp³-hybridized carbons (Fsp3) is 0.385. The van der Waals surface area contributed by atoms with Gasteiger partial charge in [-0.1, -0.05) is 13.0 Å². The summed E-state index contributed by atoms with van der Waals surface area (Å²) in [6, 6.07) is 5.55. The number of nitrogens with zero attached hydrogens (tertiary/aromatic N) is 1. The maximum absolute atomic E-state index is 12.9. The summed E-state index contributed by atoms with van der Waals surface area (Å²) < 4.78 is 12.9. The van der Waals surface area contributed by atoms with E-state index in [9.17, 15) is 14.0 Å². The fourth-order valence-corrected chi connectivity index (χ4v) is 1.69. The van der Waals surface area contributed by atoms with Gasteiger partial charge in [0.2, 0.25) is 5.91 Å². The van der Waals surface area contributed by atoms with E-state index in [1.807, 2.05) is 6.92 Å². The number of carbonyl (C=O) groups is 2. The first-order valence-electron chi connectivity index (χ1n) is 6.01. The number of carboxylic acids is 1. The molecular formula is C13H17FN2O3. The molecule has 5 nitrogen and oxygen atoms in total. The van der Waals surface area contributed by atoms with Crippen molar-refractivity contribution in [2.24, 2.45) is 0 Å². The van der Waals surface area contributed by atoms with Gasteiger partial charge in [0.1, 0.15) is 5.82 Å². The number of hydrogen-bond acceptors (Lipinski definition) is 3. The quantitative estimate of drug-likeness (QED) is 0.787. The lowest BCUT2D eigenvalue weighted by molar-refractivity contribution is -0.138. The number of halogens is 1. The summed E-state index contributed by atoms with van der Waals surface area (Å²) in [5, 5.41) is 11.3. The summed E-state index contributed by atoms with van der Waals surface area (Å²) in [6.45, 7) is 2.20. The highest BCUT2D eigenvalue weighted by Gasteiger charge is 2.13. The summed E-state index contributed by atoms with van der Waals surface area (Å²) in [4.78, 5) is 23.9. The molecule has 0 radical (unpaired) electrons. The number of aliphatic carboxylic acids is 1. The molecule has 0 bridgehead atoms. The first kappa shape index (κ1) is 15.1. The molecule has 1 aromatic rings. The molecule has 6 heteroatoms. The van der Waals surface area contributed by atoms with Crippen LogP contribution >= 0.6 is 0 Å². The van der Waals surface area contributed by atoms with Crippen LogP contribution in [0.25, 0.3) is 0 Å². The predicted molar refractivity (Wildman–Crippen MR) is 69.4 cm³/mol. The minimum absolute atomic E-state index is 0.0311. The zero-order valence-electron chi connectivity index (χ0n) is 10.7. The minimum atomic E-state index is -0.980. The van der Waals surface area contributed by atoms with E-state index in [0.717, 1.165) is 6.42 Å². The largest absolute Gasteiger partial charge is 0.480 e. The number of anilines is 1. The van der Waals surface area contributed by atoms with E-state index < -0.39 is 11.8 Å². The van der Waals surface area contributed by atoms with Crippen LogP contribution in [0.1, 0.15) is 13.3 Å². The second-order valence-corrected chi connectivity index (χ2v) is 4.16. The van der Waals surface area contributed by atoms with Crippen molar-refractivity contribution >= 4 is 17.6 Å². The molecule has 0 aromatic heterocycles. The molecule has 0 fully saturated rings. The van der Waals surface area contributed by atoms with Crippen LogP contribution < -0.4 is 5.32 Å². The van der Waals surface area contributed by atoms with Crippen LogP contribution in [0, 0.1) is 5.82 Å². The molecule has 0 aliphatic rings. The monoisotopic (exact) mass is 268 g/mol. The SMILES string of the molecule is CCCN(CC(=O)O)CC(=O)Nc1cccc(F)c1. The molecule has 0 atom stereocenters. The average Bonchev–Trinajstić information content (AvgIpc) is 2.27. The summed E-state index contributed by atoms with van der Waals surface area (Å²) in [7, 11) is 0. The molecule has 1 rings (SSSR count). The first-order valence-corrected chi connectivity index (χ1v) is 6.01. The van der Waals surface area contributed by atoms with Gasteiger partial charge in [0, 0.05) is 5.69 Å². The Morgan fingerprint density at radius 1 is 1.37 bits per heavy atom. The van der Waals surface area contributed by atoms with Crippen LogP contribution in [0.15, 0.2) is 24.3 Å². The van der Waals surface area contributed by atoms with Crippen molar-refractivity contribution in [3.8, 4) is 0 Å². The van der Waals surface area contributed by atoms with Crippen LogP contribution in [0.5, 0.6) is 0 Å². The van der Waals surface area contributed by atoms with E-state index in [-0.39, 0.29) is 19.0 Å². The fourth-order valence-electron chi connectivity index (χ4n) is 1.69. The Kier molecular flexibility index (Phi) is 5.95. The van der Waals surface area contributed by atoms with Crippen molar-refractivity contribution in [1.82, 2.24) is 4.90 Å². The Bertz CT molecular complexity index is 451. The van der Waals surface area contributed by atoms with Crippen LogP contribution in [0.2, 0.25) is 0 Å². The summed E-state index contributed by atoms with van der Waals surface area (Å²) >= 11 is 0. The van der Waals surface area contributed by atoms with Crippen LogP contribution in [0.3, 0.4) is 0 Å². The molecular weight excluding hydrogens is 251 g/mol. The molecule has 19 heavy (non-hydrogen) atoms. The van der Waals surface area contributed by atoms with Crippen LogP contribution in [-0.4, -0.2) is 41.5 Å². The maximum atomic E-state index is 12.9. The van der Waals surface area contributed by atoms with Gasteiger partial charge in [-0.15, -0.1) is 0 Å². The van der Waals surface area contributed by atoms with Crippen LogP contribution in [-0.2, 0) is 9.59 Å². The molecule has 1 amide bonds. The van der Waals surface area contributed by atoms with Crippen molar-refractivity contribution < 1.29 is 19.1 Å². The van der Waals surface area contributed by atoms with Gasteiger partial charge in [-0.25, -0.2) is 4.39 Å². The molecule has 1 aromatic carbocycles. The standard InChI is InChI=1S/C13H17FN2O3/c1-2-6-16(9-13(18)19)8-12(17)15-11-5-3-4-10(14)7-11/h3-5,7H,2,6,8-9H2,1H3,(H,15,17)(H,18,19). The van der Waals surface area contributed by atoms with Gasteiger partial charge in [-0.2, -0.15) is 0 Å². The smallest absolute Gasteiger partial charge is 0.317 e. The van der Waals surface area contributed by atoms with Crippen molar-refractivity contribution in [2.75, 3.05) is 25.0 Å². The molecule has 0 spiro atoms. The van der Waals surface area contributed by atoms with E-state index >= 15 is 0 Å². The summed E-state index contributed by atoms with van der Waals surface area (Å²) in [6.07, 6.45) is 0.751. The van der Waals surface area contributed by atoms with Gasteiger partial charge < -0.3 is 10.4 Å². The number of amides is 1. The number of nitrogens with one attached hydrogen (secondary N) is 1. The number of carbonyl (C=O) groups excluding carboxylic acids is 1. The minimum Gasteiger partial charge on any atom is -0.480 e. The Hall–Kier alpha value is -1.95. The van der Waals surface area contributed by atoms with Gasteiger partial charge in [-0.05, 0) is 31.2 Å². The lowest BCUT2D eigenvalue weighted by atomic mass is 10.3. The number of hydrogen-bond donors (Lipinski definition) is 2. The molecule has 104 valence electrons. The van der Waals surface area contributed by atoms with Crippen molar-refractivity contribution in [2.45, 2.75) is 13.3 Å². The number of benzene rings is 1. The third-order valence-electron chi connectivity index (χ3n) is 2.37. The Morgan fingerprint density at radius 2 is 2.11 bits per heavy atom. The third kappa shape index (κ3) is 5.96. The van der Waals surface area contributed by atoms with E-state index in [2.05, 4.69) is 5.32 Å². The highest BCUT2D eigenvalue weighted by atomic mass is 19.1. The second-order valence-electron chi connectivity index (χ2n) is 4.16. The van der Waals surface area contributed by atoms with Gasteiger partial charge in [0.25, 0.3) is 0 Å². The van der Waals surface area contributed by atoms with Gasteiger partial charge >= 0.3 is 5.97 Å². The van der Waals surface area contributed by atoms with Crippen molar-refractivity contribution in [1.29, 1.82) is 0 Å². The molecule has 0 saturated carbocycles. The molecule has 0 aliphatic carbocycles. The number of carboxylic acid groups (broad SMARTS) is 1. The molecule has 0 heterocycles. The van der Waals surface area contributed by atoms with Gasteiger partial charge in [0.05, 0.1) is 13.1 Å². The highest BCUT2D eigenvalue weighted by Crippen LogP contribution is 2.09. The van der Waals surface area contributed by atoms with E-state index in [1.54, 1.807) is 6.07 Å². The zero-order chi connectivity index (χ0) is 14.3. The molecule has 0 saturated heterocycles. The molecule has 0 unspecified atom stereocenters. The first-order chi connectivity index (χ1) is 9.01. The summed E-state index contributed by atoms with van der Waals surface area (Å²) in [5.74, 6) is -1.78. The third-order valence-corrected chi connectivity index (χ3v) is 2.37. The predicted octanol–water partition coefficient (Wildman–Crippen LogP) is 1.56. The molecule has 2 N–H and O–H groups in total. The van der Waals surface area contributed by atoms with Gasteiger partial charge in [0.15, 0.2) is 0 Å². The van der Waals surface area contributed by atoms with E-state index in [0.29, 0.717) is 12.2 Å². The van der Waals surface area contributed by atoms with Crippen LogP contribution in [0.4, 0.5) is 10.1 Å². The Balaban J connectivity index is 2.54. The highest BCUT2D eigenvalue weighted by molar-refractivity contribution is 5.92. The second kappa shape index (κ2) is 7.48. The van der Waals surface area contributed by atoms with E-state index in [4.69, 9.17) is 5.11 Å².